The van der Waals surface area contributed by atoms with Crippen LogP contribution in [0.1, 0.15) is 37.0 Å². The highest BCUT2D eigenvalue weighted by atomic mass is 16.3. The first-order valence-electron chi connectivity index (χ1n) is 7.76. The summed E-state index contributed by atoms with van der Waals surface area (Å²) in [6.07, 6.45) is 1.47. The van der Waals surface area contributed by atoms with Crippen LogP contribution in [0, 0.1) is 5.92 Å². The number of nitrogens with zero attached hydrogens (tertiary/aromatic N) is 2. The average molecular weight is 290 g/mol. The quantitative estimate of drug-likeness (QED) is 0.926. The lowest BCUT2D eigenvalue weighted by Crippen LogP contribution is -2.35. The van der Waals surface area contributed by atoms with E-state index in [4.69, 9.17) is 0 Å². The molecule has 0 spiro atoms. The summed E-state index contributed by atoms with van der Waals surface area (Å²) >= 11 is 0. The van der Waals surface area contributed by atoms with Gasteiger partial charge in [0.15, 0.2) is 0 Å². The molecule has 4 heteroatoms. The van der Waals surface area contributed by atoms with Crippen LogP contribution in [0.3, 0.4) is 0 Å². The predicted molar refractivity (Wildman–Crippen MR) is 85.7 cm³/mol. The van der Waals surface area contributed by atoms with Crippen molar-refractivity contribution in [2.75, 3.05) is 31.6 Å². The van der Waals surface area contributed by atoms with Crippen molar-refractivity contribution in [2.24, 2.45) is 5.92 Å². The van der Waals surface area contributed by atoms with E-state index in [0.717, 1.165) is 43.7 Å². The second-order valence-electron chi connectivity index (χ2n) is 6.34. The number of anilines is 1. The molecule has 1 fully saturated rings. The summed E-state index contributed by atoms with van der Waals surface area (Å²) in [6.45, 7) is 6.74. The van der Waals surface area contributed by atoms with Gasteiger partial charge in [0.05, 0.1) is 6.10 Å². The molecule has 0 atom stereocenters. The Labute approximate surface area is 127 Å². The van der Waals surface area contributed by atoms with Gasteiger partial charge in [-0.2, -0.15) is 0 Å². The van der Waals surface area contributed by atoms with E-state index in [0.29, 0.717) is 5.92 Å². The van der Waals surface area contributed by atoms with Gasteiger partial charge in [-0.15, -0.1) is 0 Å². The van der Waals surface area contributed by atoms with Gasteiger partial charge in [-0.05, 0) is 43.0 Å². The number of benzene rings is 1. The second kappa shape index (κ2) is 6.94. The van der Waals surface area contributed by atoms with Crippen molar-refractivity contribution in [2.45, 2.75) is 32.8 Å². The molecule has 1 aliphatic heterocycles. The molecule has 116 valence electrons. The van der Waals surface area contributed by atoms with Crippen molar-refractivity contribution >= 4 is 11.6 Å². The van der Waals surface area contributed by atoms with Crippen molar-refractivity contribution in [3.8, 4) is 0 Å². The Morgan fingerprint density at radius 3 is 2.38 bits per heavy atom. The Kier molecular flexibility index (Phi) is 5.23. The van der Waals surface area contributed by atoms with E-state index in [-0.39, 0.29) is 12.0 Å². The van der Waals surface area contributed by atoms with Crippen LogP contribution >= 0.6 is 0 Å². The summed E-state index contributed by atoms with van der Waals surface area (Å²) in [6, 6.07) is 7.82. The lowest BCUT2D eigenvalue weighted by Gasteiger charge is -2.31. The number of carbonyl (C=O) groups is 1. The maximum atomic E-state index is 12.3. The molecule has 0 saturated carbocycles. The third kappa shape index (κ3) is 4.21. The molecule has 1 aliphatic rings. The van der Waals surface area contributed by atoms with Gasteiger partial charge in [0.25, 0.3) is 5.91 Å². The maximum Gasteiger partial charge on any atom is 0.253 e. The molecular formula is C17H26N2O2. The van der Waals surface area contributed by atoms with E-state index in [9.17, 15) is 9.90 Å². The van der Waals surface area contributed by atoms with Gasteiger partial charge in [0, 0.05) is 37.9 Å². The predicted octanol–water partition coefficient (Wildman–Crippen LogP) is 2.38. The van der Waals surface area contributed by atoms with Crippen molar-refractivity contribution < 1.29 is 9.90 Å². The zero-order valence-corrected chi connectivity index (χ0v) is 13.2. The lowest BCUT2D eigenvalue weighted by molar-refractivity contribution is 0.0779. The Morgan fingerprint density at radius 1 is 1.29 bits per heavy atom. The number of rotatable bonds is 4. The zero-order valence-electron chi connectivity index (χ0n) is 13.2. The highest BCUT2D eigenvalue weighted by molar-refractivity contribution is 5.94. The maximum absolute atomic E-state index is 12.3. The van der Waals surface area contributed by atoms with E-state index in [1.54, 1.807) is 4.90 Å². The zero-order chi connectivity index (χ0) is 15.4. The normalized spacial score (nSPS) is 16.3. The molecule has 0 bridgehead atoms. The molecule has 1 aromatic rings. The second-order valence-corrected chi connectivity index (χ2v) is 6.34. The van der Waals surface area contributed by atoms with Gasteiger partial charge in [0.1, 0.15) is 0 Å². The van der Waals surface area contributed by atoms with Gasteiger partial charge < -0.3 is 14.9 Å². The van der Waals surface area contributed by atoms with Crippen LogP contribution < -0.4 is 4.90 Å². The summed E-state index contributed by atoms with van der Waals surface area (Å²) in [5.41, 5.74) is 1.86. The molecule has 0 radical (unpaired) electrons. The smallest absolute Gasteiger partial charge is 0.253 e. The van der Waals surface area contributed by atoms with Crippen LogP contribution in [0.2, 0.25) is 0 Å². The Bertz CT molecular complexity index is 462. The van der Waals surface area contributed by atoms with Gasteiger partial charge >= 0.3 is 0 Å². The van der Waals surface area contributed by atoms with E-state index in [2.05, 4.69) is 18.7 Å². The Balaban J connectivity index is 2.00. The molecule has 4 nitrogen and oxygen atoms in total. The number of aliphatic hydroxyl groups excluding tert-OH is 1. The molecule has 0 aromatic heterocycles. The molecule has 1 heterocycles. The average Bonchev–Trinajstić information content (AvgIpc) is 2.47. The van der Waals surface area contributed by atoms with Gasteiger partial charge in [-0.25, -0.2) is 0 Å². The Hall–Kier alpha value is -1.55. The third-order valence-corrected chi connectivity index (χ3v) is 3.93. The number of amides is 1. The van der Waals surface area contributed by atoms with Crippen LogP contribution in [-0.2, 0) is 0 Å². The molecule has 0 aliphatic carbocycles. The van der Waals surface area contributed by atoms with Crippen LogP contribution in [-0.4, -0.2) is 48.7 Å². The number of carbonyl (C=O) groups excluding carboxylic acids is 1. The summed E-state index contributed by atoms with van der Waals surface area (Å²) in [5.74, 6) is 0.544. The number of aliphatic hydroxyl groups is 1. The van der Waals surface area contributed by atoms with Gasteiger partial charge in [-0.3, -0.25) is 4.79 Å². The van der Waals surface area contributed by atoms with Crippen molar-refractivity contribution in [1.29, 1.82) is 0 Å². The summed E-state index contributed by atoms with van der Waals surface area (Å²) < 4.78 is 0. The Morgan fingerprint density at radius 2 is 1.86 bits per heavy atom. The van der Waals surface area contributed by atoms with E-state index >= 15 is 0 Å². The van der Waals surface area contributed by atoms with Crippen LogP contribution in [0.4, 0.5) is 5.69 Å². The standard InChI is InChI=1S/C17H26N2O2/c1-13(2)12-18(3)17(21)14-4-6-15(7-5-14)19-10-8-16(20)9-11-19/h4-7,13,16,20H,8-12H2,1-3H3. The van der Waals surface area contributed by atoms with Gasteiger partial charge in [0.2, 0.25) is 0 Å². The summed E-state index contributed by atoms with van der Waals surface area (Å²) in [4.78, 5) is 16.3. The topological polar surface area (TPSA) is 43.8 Å². The highest BCUT2D eigenvalue weighted by Crippen LogP contribution is 2.21. The SMILES string of the molecule is CC(C)CN(C)C(=O)c1ccc(N2CCC(O)CC2)cc1. The fourth-order valence-electron chi connectivity index (χ4n) is 2.79. The van der Waals surface area contributed by atoms with Crippen LogP contribution in [0.5, 0.6) is 0 Å². The first-order valence-corrected chi connectivity index (χ1v) is 7.76. The number of hydrogen-bond acceptors (Lipinski definition) is 3. The molecule has 1 saturated heterocycles. The minimum Gasteiger partial charge on any atom is -0.393 e. The fraction of sp³-hybridized carbons (Fsp3) is 0.588. The molecule has 1 aromatic carbocycles. The van der Waals surface area contributed by atoms with Crippen molar-refractivity contribution in [1.82, 2.24) is 4.90 Å². The largest absolute Gasteiger partial charge is 0.393 e. The van der Waals surface area contributed by atoms with E-state index in [1.165, 1.54) is 0 Å². The first kappa shape index (κ1) is 15.8. The van der Waals surface area contributed by atoms with E-state index < -0.39 is 0 Å². The number of piperidine rings is 1. The van der Waals surface area contributed by atoms with Crippen molar-refractivity contribution in [3.63, 3.8) is 0 Å². The minimum absolute atomic E-state index is 0.0734. The summed E-state index contributed by atoms with van der Waals surface area (Å²) in [5, 5.41) is 9.55. The molecule has 1 amide bonds. The molecule has 1 N–H and O–H groups in total. The lowest BCUT2D eigenvalue weighted by atomic mass is 10.1. The molecule has 0 unspecified atom stereocenters. The molecular weight excluding hydrogens is 264 g/mol. The third-order valence-electron chi connectivity index (χ3n) is 3.93. The van der Waals surface area contributed by atoms with Gasteiger partial charge in [-0.1, -0.05) is 13.8 Å². The van der Waals surface area contributed by atoms with E-state index in [1.807, 2.05) is 31.3 Å². The molecule has 21 heavy (non-hydrogen) atoms. The fourth-order valence-corrected chi connectivity index (χ4v) is 2.79. The van der Waals surface area contributed by atoms with Crippen LogP contribution in [0.25, 0.3) is 0 Å². The molecule has 2 rings (SSSR count). The van der Waals surface area contributed by atoms with Crippen molar-refractivity contribution in [3.05, 3.63) is 29.8 Å². The first-order chi connectivity index (χ1) is 9.97. The summed E-state index contributed by atoms with van der Waals surface area (Å²) in [7, 11) is 1.85. The monoisotopic (exact) mass is 290 g/mol. The highest BCUT2D eigenvalue weighted by Gasteiger charge is 2.18. The number of hydrogen-bond donors (Lipinski definition) is 1. The minimum atomic E-state index is -0.160. The van der Waals surface area contributed by atoms with Crippen LogP contribution in [0.15, 0.2) is 24.3 Å².